The second-order valence-electron chi connectivity index (χ2n) is 6.60. The molecule has 0 radical (unpaired) electrons. The number of amides is 2. The number of carbonyl (C=O) groups excluding carboxylic acids is 1. The highest BCUT2D eigenvalue weighted by atomic mass is 19.1. The van der Waals surface area contributed by atoms with Gasteiger partial charge in [0.1, 0.15) is 5.82 Å². The zero-order chi connectivity index (χ0) is 16.3. The number of nitrogens with zero attached hydrogens (tertiary/aromatic N) is 1. The molecule has 1 aliphatic heterocycles. The van der Waals surface area contributed by atoms with Crippen molar-refractivity contribution in [2.75, 3.05) is 29.9 Å². The second-order valence-corrected chi connectivity index (χ2v) is 6.60. The fraction of sp³-hybridized carbons (Fsp3) is 0.588. The number of anilines is 2. The van der Waals surface area contributed by atoms with Gasteiger partial charge in [-0.2, -0.15) is 0 Å². The molecule has 23 heavy (non-hydrogen) atoms. The third kappa shape index (κ3) is 3.93. The Bertz CT molecular complexity index is 567. The summed E-state index contributed by atoms with van der Waals surface area (Å²) in [7, 11) is 0. The second kappa shape index (κ2) is 6.74. The number of hydrogen-bond acceptors (Lipinski definition) is 3. The molecule has 1 saturated carbocycles. The van der Waals surface area contributed by atoms with Gasteiger partial charge in [-0.25, -0.2) is 9.18 Å². The molecule has 1 heterocycles. The number of carbonyl (C=O) groups is 1. The first-order valence-electron chi connectivity index (χ1n) is 8.38. The Kier molecular flexibility index (Phi) is 4.71. The number of halogens is 1. The monoisotopic (exact) mass is 321 g/mol. The van der Waals surface area contributed by atoms with Gasteiger partial charge in [0.15, 0.2) is 0 Å². The minimum Gasteiger partial charge on any atom is -0.388 e. The summed E-state index contributed by atoms with van der Waals surface area (Å²) in [6, 6.07) is 4.34. The van der Waals surface area contributed by atoms with Crippen LogP contribution in [-0.2, 0) is 0 Å². The van der Waals surface area contributed by atoms with E-state index in [4.69, 9.17) is 0 Å². The molecule has 0 atom stereocenters. The molecule has 0 aromatic heterocycles. The lowest BCUT2D eigenvalue weighted by atomic mass is 10.0. The van der Waals surface area contributed by atoms with Crippen LogP contribution in [-0.4, -0.2) is 36.4 Å². The summed E-state index contributed by atoms with van der Waals surface area (Å²) >= 11 is 0. The van der Waals surface area contributed by atoms with Gasteiger partial charge >= 0.3 is 6.03 Å². The van der Waals surface area contributed by atoms with Gasteiger partial charge in [-0.05, 0) is 43.9 Å². The summed E-state index contributed by atoms with van der Waals surface area (Å²) < 4.78 is 14.2. The molecule has 3 N–H and O–H groups in total. The molecule has 6 heteroatoms. The summed E-state index contributed by atoms with van der Waals surface area (Å²) in [4.78, 5) is 13.9. The SMILES string of the molecule is O=C(NCC1(O)CCCC1)Nc1ccc(N2CCCC2)c(F)c1. The van der Waals surface area contributed by atoms with E-state index in [0.29, 0.717) is 24.2 Å². The number of aliphatic hydroxyl groups is 1. The molecule has 1 aliphatic carbocycles. The molecule has 1 aromatic carbocycles. The Morgan fingerprint density at radius 3 is 2.57 bits per heavy atom. The molecule has 0 spiro atoms. The van der Waals surface area contributed by atoms with E-state index in [9.17, 15) is 14.3 Å². The highest BCUT2D eigenvalue weighted by Gasteiger charge is 2.31. The van der Waals surface area contributed by atoms with Crippen molar-refractivity contribution in [3.05, 3.63) is 24.0 Å². The first-order chi connectivity index (χ1) is 11.1. The third-order valence-corrected chi connectivity index (χ3v) is 4.76. The smallest absolute Gasteiger partial charge is 0.319 e. The average Bonchev–Trinajstić information content (AvgIpc) is 3.18. The topological polar surface area (TPSA) is 64.6 Å². The van der Waals surface area contributed by atoms with Crippen molar-refractivity contribution in [3.63, 3.8) is 0 Å². The maximum atomic E-state index is 14.2. The molecule has 2 fully saturated rings. The Labute approximate surface area is 135 Å². The maximum Gasteiger partial charge on any atom is 0.319 e. The number of nitrogens with one attached hydrogen (secondary N) is 2. The van der Waals surface area contributed by atoms with Crippen molar-refractivity contribution in [2.45, 2.75) is 44.1 Å². The summed E-state index contributed by atoms with van der Waals surface area (Å²) in [5.41, 5.74) is 0.220. The van der Waals surface area contributed by atoms with Gasteiger partial charge in [-0.15, -0.1) is 0 Å². The molecule has 1 saturated heterocycles. The van der Waals surface area contributed by atoms with Crippen LogP contribution in [0.15, 0.2) is 18.2 Å². The molecule has 0 unspecified atom stereocenters. The molecule has 3 rings (SSSR count). The van der Waals surface area contributed by atoms with Gasteiger partial charge < -0.3 is 20.6 Å². The maximum absolute atomic E-state index is 14.2. The van der Waals surface area contributed by atoms with Crippen molar-refractivity contribution >= 4 is 17.4 Å². The van der Waals surface area contributed by atoms with Gasteiger partial charge in [0.05, 0.1) is 11.3 Å². The quantitative estimate of drug-likeness (QED) is 0.799. The fourth-order valence-electron chi connectivity index (χ4n) is 3.43. The van der Waals surface area contributed by atoms with Crippen LogP contribution in [0.1, 0.15) is 38.5 Å². The van der Waals surface area contributed by atoms with Crippen LogP contribution in [0.3, 0.4) is 0 Å². The number of hydrogen-bond donors (Lipinski definition) is 3. The zero-order valence-electron chi connectivity index (χ0n) is 13.3. The summed E-state index contributed by atoms with van der Waals surface area (Å²) in [5.74, 6) is -0.320. The minimum absolute atomic E-state index is 0.229. The largest absolute Gasteiger partial charge is 0.388 e. The Morgan fingerprint density at radius 1 is 1.22 bits per heavy atom. The zero-order valence-corrected chi connectivity index (χ0v) is 13.3. The van der Waals surface area contributed by atoms with Gasteiger partial charge in [-0.3, -0.25) is 0 Å². The normalized spacial score (nSPS) is 19.8. The summed E-state index contributed by atoms with van der Waals surface area (Å²) in [6.45, 7) is 1.98. The molecule has 2 aliphatic rings. The number of rotatable bonds is 4. The van der Waals surface area contributed by atoms with Crippen molar-refractivity contribution in [2.24, 2.45) is 0 Å². The highest BCUT2D eigenvalue weighted by molar-refractivity contribution is 5.89. The van der Waals surface area contributed by atoms with Crippen LogP contribution >= 0.6 is 0 Å². The molecule has 0 bridgehead atoms. The molecule has 5 nitrogen and oxygen atoms in total. The van der Waals surface area contributed by atoms with E-state index in [-0.39, 0.29) is 12.4 Å². The van der Waals surface area contributed by atoms with Crippen LogP contribution in [0.2, 0.25) is 0 Å². The molecule has 2 amide bonds. The molecule has 1 aromatic rings. The first-order valence-corrected chi connectivity index (χ1v) is 8.38. The van der Waals surface area contributed by atoms with Crippen molar-refractivity contribution in [1.29, 1.82) is 0 Å². The molecular weight excluding hydrogens is 297 g/mol. The van der Waals surface area contributed by atoms with Crippen LogP contribution in [0.5, 0.6) is 0 Å². The van der Waals surface area contributed by atoms with Crippen LogP contribution in [0.4, 0.5) is 20.6 Å². The van der Waals surface area contributed by atoms with E-state index in [1.54, 1.807) is 12.1 Å². The predicted molar refractivity (Wildman–Crippen MR) is 88.3 cm³/mol. The lowest BCUT2D eigenvalue weighted by Crippen LogP contribution is -2.42. The minimum atomic E-state index is -0.789. The first kappa shape index (κ1) is 16.1. The van der Waals surface area contributed by atoms with E-state index in [1.807, 2.05) is 4.90 Å². The Hall–Kier alpha value is -1.82. The average molecular weight is 321 g/mol. The fourth-order valence-corrected chi connectivity index (χ4v) is 3.43. The number of urea groups is 1. The van der Waals surface area contributed by atoms with Crippen LogP contribution in [0, 0.1) is 5.82 Å². The van der Waals surface area contributed by atoms with E-state index >= 15 is 0 Å². The van der Waals surface area contributed by atoms with Crippen molar-refractivity contribution < 1.29 is 14.3 Å². The van der Waals surface area contributed by atoms with Gasteiger partial charge in [0, 0.05) is 25.3 Å². The van der Waals surface area contributed by atoms with Gasteiger partial charge in [0.2, 0.25) is 0 Å². The molecular formula is C17H24FN3O2. The Balaban J connectivity index is 1.55. The molecule has 126 valence electrons. The number of benzene rings is 1. The summed E-state index contributed by atoms with van der Waals surface area (Å²) in [5, 5.41) is 15.5. The van der Waals surface area contributed by atoms with Crippen LogP contribution < -0.4 is 15.5 Å². The summed E-state index contributed by atoms with van der Waals surface area (Å²) in [6.07, 6.45) is 5.58. The van der Waals surface area contributed by atoms with Crippen molar-refractivity contribution in [1.82, 2.24) is 5.32 Å². The third-order valence-electron chi connectivity index (χ3n) is 4.76. The standard InChI is InChI=1S/C17H24FN3O2/c18-14-11-13(5-6-15(14)21-9-3-4-10-21)20-16(22)19-12-17(23)7-1-2-8-17/h5-6,11,23H,1-4,7-10,12H2,(H2,19,20,22). The lowest BCUT2D eigenvalue weighted by Gasteiger charge is -2.22. The van der Waals surface area contributed by atoms with Gasteiger partial charge in [-0.1, -0.05) is 12.8 Å². The van der Waals surface area contributed by atoms with E-state index in [1.165, 1.54) is 6.07 Å². The Morgan fingerprint density at radius 2 is 1.91 bits per heavy atom. The van der Waals surface area contributed by atoms with Crippen LogP contribution in [0.25, 0.3) is 0 Å². The van der Waals surface area contributed by atoms with Crippen molar-refractivity contribution in [3.8, 4) is 0 Å². The van der Waals surface area contributed by atoms with Gasteiger partial charge in [0.25, 0.3) is 0 Å². The van der Waals surface area contributed by atoms with E-state index in [0.717, 1.165) is 38.8 Å². The lowest BCUT2D eigenvalue weighted by molar-refractivity contribution is 0.0506. The van der Waals surface area contributed by atoms with E-state index < -0.39 is 11.6 Å². The van der Waals surface area contributed by atoms with E-state index in [2.05, 4.69) is 10.6 Å². The predicted octanol–water partition coefficient (Wildman–Crippen LogP) is 2.85. The highest BCUT2D eigenvalue weighted by Crippen LogP contribution is 2.29.